The van der Waals surface area contributed by atoms with Crippen LogP contribution in [0.25, 0.3) is 0 Å². The van der Waals surface area contributed by atoms with Gasteiger partial charge < -0.3 is 17.0 Å². The van der Waals surface area contributed by atoms with Crippen molar-refractivity contribution in [1.29, 1.82) is 0 Å². The van der Waals surface area contributed by atoms with E-state index in [1.807, 2.05) is 0 Å². The summed E-state index contributed by atoms with van der Waals surface area (Å²) < 4.78 is 0. The van der Waals surface area contributed by atoms with Crippen LogP contribution in [0.1, 0.15) is 86.4 Å². The van der Waals surface area contributed by atoms with E-state index in [1.165, 1.54) is 63.7 Å². The van der Waals surface area contributed by atoms with Gasteiger partial charge in [-0.25, -0.2) is 0 Å². The smallest absolute Gasteiger partial charge is 1.00 e. The molecule has 1 amide bonds. The minimum atomic E-state index is -0.984. The number of aliphatic hydroxyl groups is 1. The number of carbonyl (C=O) groups excluding carboxylic acids is 1. The van der Waals surface area contributed by atoms with E-state index in [2.05, 4.69) is 12.2 Å². The summed E-state index contributed by atoms with van der Waals surface area (Å²) in [7, 11) is 0. The van der Waals surface area contributed by atoms with Gasteiger partial charge in [0.05, 0.1) is 0 Å². The van der Waals surface area contributed by atoms with Gasteiger partial charge in [-0.3, -0.25) is 14.5 Å². The molecule has 0 spiro atoms. The van der Waals surface area contributed by atoms with Crippen LogP contribution in [0, 0.1) is 0 Å². The molecule has 26 heavy (non-hydrogen) atoms. The zero-order valence-corrected chi connectivity index (χ0v) is 19.3. The average molecular weight is 383 g/mol. The molecule has 0 aromatic heterocycles. The van der Waals surface area contributed by atoms with E-state index in [1.54, 1.807) is 0 Å². The number of aliphatic hydroxyl groups excluding tert-OH is 1. The summed E-state index contributed by atoms with van der Waals surface area (Å²) in [5, 5.41) is 21.5. The van der Waals surface area contributed by atoms with Crippen molar-refractivity contribution in [3.05, 3.63) is 0 Å². The predicted molar refractivity (Wildman–Crippen MR) is 101 cm³/mol. The van der Waals surface area contributed by atoms with E-state index in [-0.39, 0.29) is 36.9 Å². The van der Waals surface area contributed by atoms with Gasteiger partial charge in [-0.15, -0.1) is 0 Å². The Morgan fingerprint density at radius 1 is 1.00 bits per heavy atom. The molecule has 6 nitrogen and oxygen atoms in total. The topological polar surface area (TPSA) is 89.9 Å². The van der Waals surface area contributed by atoms with Gasteiger partial charge in [0.1, 0.15) is 12.3 Å². The van der Waals surface area contributed by atoms with Crippen molar-refractivity contribution in [1.82, 2.24) is 10.2 Å². The van der Waals surface area contributed by atoms with Crippen LogP contribution >= 0.6 is 0 Å². The number of rotatable bonds is 16. The summed E-state index contributed by atoms with van der Waals surface area (Å²) in [6.07, 6.45) is 10.6. The number of hydrogen-bond acceptors (Lipinski definition) is 4. The van der Waals surface area contributed by atoms with Gasteiger partial charge in [-0.1, -0.05) is 58.3 Å². The number of aliphatic carboxylic acids is 1. The normalized spacial score (nSPS) is 13.1. The Hall–Kier alpha value is -0.140. The SMILES string of the molecule is CCCCCCCCCCCC(=O)NCCN(C(C)O)C(C)C(=O)O.[H-].[Na+]. The maximum atomic E-state index is 11.8. The molecule has 0 rings (SSSR count). The van der Waals surface area contributed by atoms with Crippen LogP contribution in [-0.2, 0) is 9.59 Å². The first-order chi connectivity index (χ1) is 11.9. The second-order valence-corrected chi connectivity index (χ2v) is 6.81. The Morgan fingerprint density at radius 2 is 1.50 bits per heavy atom. The standard InChI is InChI=1S/C19H38N2O4.Na.H/c1-4-5-6-7-8-9-10-11-12-13-18(23)20-14-15-21(17(3)22)16(2)19(24)25;;/h16-17,22H,4-15H2,1-3H3,(H,20,23)(H,24,25);;/q;+1;-1. The molecule has 7 heteroatoms. The number of carbonyl (C=O) groups is 2. The van der Waals surface area contributed by atoms with Crippen LogP contribution in [0.4, 0.5) is 0 Å². The van der Waals surface area contributed by atoms with E-state index in [0.29, 0.717) is 19.5 Å². The zero-order valence-electron chi connectivity index (χ0n) is 18.3. The van der Waals surface area contributed by atoms with Crippen LogP contribution in [0.3, 0.4) is 0 Å². The molecule has 2 atom stereocenters. The Labute approximate surface area is 182 Å². The first-order valence-corrected chi connectivity index (χ1v) is 9.83. The molecule has 3 N–H and O–H groups in total. The van der Waals surface area contributed by atoms with Crippen molar-refractivity contribution >= 4 is 11.9 Å². The second-order valence-electron chi connectivity index (χ2n) is 6.81. The molecule has 0 radical (unpaired) electrons. The Morgan fingerprint density at radius 3 is 1.96 bits per heavy atom. The molecule has 2 unspecified atom stereocenters. The monoisotopic (exact) mass is 382 g/mol. The van der Waals surface area contributed by atoms with Crippen molar-refractivity contribution in [2.45, 2.75) is 97.2 Å². The van der Waals surface area contributed by atoms with Crippen LogP contribution in [0.2, 0.25) is 0 Å². The maximum Gasteiger partial charge on any atom is 1.00 e. The number of carboxylic acids is 1. The number of nitrogens with zero attached hydrogens (tertiary/aromatic N) is 1. The summed E-state index contributed by atoms with van der Waals surface area (Å²) in [5.41, 5.74) is 0. The number of amides is 1. The van der Waals surface area contributed by atoms with Crippen LogP contribution < -0.4 is 34.9 Å². The Bertz CT molecular complexity index is 374. The third-order valence-electron chi connectivity index (χ3n) is 4.53. The first kappa shape index (κ1) is 28.1. The van der Waals surface area contributed by atoms with Gasteiger partial charge in [0, 0.05) is 19.5 Å². The van der Waals surface area contributed by atoms with Crippen molar-refractivity contribution in [3.8, 4) is 0 Å². The fraction of sp³-hybridized carbons (Fsp3) is 0.895. The Kier molecular flexibility index (Phi) is 19.7. The molecule has 0 fully saturated rings. The third kappa shape index (κ3) is 15.0. The van der Waals surface area contributed by atoms with Crippen LogP contribution in [0.15, 0.2) is 0 Å². The third-order valence-corrected chi connectivity index (χ3v) is 4.53. The van der Waals surface area contributed by atoms with Gasteiger partial charge in [0.25, 0.3) is 0 Å². The molecule has 0 aliphatic rings. The molecule has 0 heterocycles. The quantitative estimate of drug-likeness (QED) is 0.202. The largest absolute Gasteiger partial charge is 1.00 e. The second kappa shape index (κ2) is 18.2. The van der Waals surface area contributed by atoms with Gasteiger partial charge in [-0.2, -0.15) is 0 Å². The molecule has 0 saturated heterocycles. The Balaban J connectivity index is -0.00000288. The van der Waals surface area contributed by atoms with Crippen molar-refractivity contribution in [3.63, 3.8) is 0 Å². The fourth-order valence-electron chi connectivity index (χ4n) is 2.85. The number of carboxylic acid groups (broad SMARTS) is 1. The molecule has 0 aromatic rings. The van der Waals surface area contributed by atoms with Crippen LogP contribution in [-0.4, -0.2) is 52.3 Å². The number of hydrogen-bond donors (Lipinski definition) is 3. The molecule has 0 aliphatic heterocycles. The fourth-order valence-corrected chi connectivity index (χ4v) is 2.85. The van der Waals surface area contributed by atoms with Crippen LogP contribution in [0.5, 0.6) is 0 Å². The van der Waals surface area contributed by atoms with Gasteiger partial charge >= 0.3 is 35.5 Å². The number of unbranched alkanes of at least 4 members (excludes halogenated alkanes) is 8. The van der Waals surface area contributed by atoms with Crippen molar-refractivity contribution in [2.24, 2.45) is 0 Å². The molecular formula is C19H39N2NaO4. The summed E-state index contributed by atoms with van der Waals surface area (Å²) in [6.45, 7) is 5.94. The summed E-state index contributed by atoms with van der Waals surface area (Å²) in [5.74, 6) is -0.988. The van der Waals surface area contributed by atoms with E-state index < -0.39 is 18.2 Å². The first-order valence-electron chi connectivity index (χ1n) is 9.83. The minimum absolute atomic E-state index is 0. The van der Waals surface area contributed by atoms with E-state index >= 15 is 0 Å². The average Bonchev–Trinajstić information content (AvgIpc) is 2.56. The number of nitrogens with one attached hydrogen (secondary N) is 1. The van der Waals surface area contributed by atoms with Gasteiger partial charge in [0.15, 0.2) is 0 Å². The van der Waals surface area contributed by atoms with Gasteiger partial charge in [0.2, 0.25) is 5.91 Å². The van der Waals surface area contributed by atoms with E-state index in [9.17, 15) is 14.7 Å². The molecule has 0 bridgehead atoms. The molecule has 0 saturated carbocycles. The van der Waals surface area contributed by atoms with Crippen molar-refractivity contribution in [2.75, 3.05) is 13.1 Å². The van der Waals surface area contributed by atoms with Crippen molar-refractivity contribution < 1.29 is 50.8 Å². The molecule has 150 valence electrons. The molecular weight excluding hydrogens is 343 g/mol. The van der Waals surface area contributed by atoms with E-state index in [4.69, 9.17) is 5.11 Å². The summed E-state index contributed by atoms with van der Waals surface area (Å²) in [4.78, 5) is 24.2. The molecule has 0 aliphatic carbocycles. The van der Waals surface area contributed by atoms with E-state index in [0.717, 1.165) is 12.8 Å². The van der Waals surface area contributed by atoms with Gasteiger partial charge in [-0.05, 0) is 20.3 Å². The summed E-state index contributed by atoms with van der Waals surface area (Å²) in [6, 6.07) is -0.783. The maximum absolute atomic E-state index is 11.8. The minimum Gasteiger partial charge on any atom is -1.00 e. The predicted octanol–water partition coefficient (Wildman–Crippen LogP) is 0.253. The molecule has 0 aromatic carbocycles. The summed E-state index contributed by atoms with van der Waals surface area (Å²) >= 11 is 0. The zero-order chi connectivity index (χ0) is 19.1.